The van der Waals surface area contributed by atoms with E-state index in [2.05, 4.69) is 43.3 Å². The summed E-state index contributed by atoms with van der Waals surface area (Å²) in [6.45, 7) is 2.08. The Morgan fingerprint density at radius 3 is 2.05 bits per heavy atom. The van der Waals surface area contributed by atoms with E-state index in [0.29, 0.717) is 17.8 Å². The molecule has 2 aromatic carbocycles. The second kappa shape index (κ2) is 6.02. The summed E-state index contributed by atoms with van der Waals surface area (Å²) in [4.78, 5) is 13.0. The van der Waals surface area contributed by atoms with Crippen molar-refractivity contribution in [2.24, 2.45) is 0 Å². The van der Waals surface area contributed by atoms with E-state index in [4.69, 9.17) is 4.42 Å². The lowest BCUT2D eigenvalue weighted by Gasteiger charge is -2.03. The lowest BCUT2D eigenvalue weighted by Crippen LogP contribution is -1.77. The number of benzene rings is 2. The third-order valence-electron chi connectivity index (χ3n) is 3.14. The topological polar surface area (TPSA) is 30.2 Å². The summed E-state index contributed by atoms with van der Waals surface area (Å²) in [6.07, 6.45) is 0.713. The molecule has 0 bridgehead atoms. The lowest BCUT2D eigenvalue weighted by molar-refractivity contribution is 0.110. The Kier molecular flexibility index (Phi) is 3.93. The first-order valence-electron chi connectivity index (χ1n) is 6.64. The molecule has 0 spiro atoms. The highest BCUT2D eigenvalue weighted by molar-refractivity contribution is 7.99. The van der Waals surface area contributed by atoms with Crippen molar-refractivity contribution >= 4 is 18.0 Å². The van der Waals surface area contributed by atoms with Crippen LogP contribution in [0.4, 0.5) is 0 Å². The molecule has 1 heterocycles. The molecule has 0 aliphatic heterocycles. The Morgan fingerprint density at radius 1 is 0.857 bits per heavy atom. The second-order valence-corrected chi connectivity index (χ2v) is 5.91. The molecule has 0 aliphatic rings. The quantitative estimate of drug-likeness (QED) is 0.618. The molecular formula is C18H14O2S. The predicted octanol–water partition coefficient (Wildman–Crippen LogP) is 5.22. The van der Waals surface area contributed by atoms with Crippen LogP contribution in [-0.2, 0) is 0 Å². The van der Waals surface area contributed by atoms with Gasteiger partial charge in [0.25, 0.3) is 0 Å². The van der Waals surface area contributed by atoms with Gasteiger partial charge in [0.2, 0.25) is 0 Å². The van der Waals surface area contributed by atoms with Crippen molar-refractivity contribution in [1.29, 1.82) is 0 Å². The summed E-state index contributed by atoms with van der Waals surface area (Å²) in [5.41, 5.74) is 2.23. The van der Waals surface area contributed by atoms with Gasteiger partial charge < -0.3 is 4.42 Å². The van der Waals surface area contributed by atoms with Crippen LogP contribution in [0, 0.1) is 6.92 Å². The summed E-state index contributed by atoms with van der Waals surface area (Å²) < 4.78 is 5.42. The van der Waals surface area contributed by atoms with Gasteiger partial charge in [-0.25, -0.2) is 0 Å². The van der Waals surface area contributed by atoms with Gasteiger partial charge in [-0.3, -0.25) is 4.79 Å². The molecule has 21 heavy (non-hydrogen) atoms. The lowest BCUT2D eigenvalue weighted by atomic mass is 10.2. The fraction of sp³-hybridized carbons (Fsp3) is 0.0556. The van der Waals surface area contributed by atoms with Crippen LogP contribution < -0.4 is 0 Å². The zero-order valence-electron chi connectivity index (χ0n) is 11.6. The van der Waals surface area contributed by atoms with Crippen LogP contribution in [0.5, 0.6) is 0 Å². The first kappa shape index (κ1) is 13.7. The molecule has 0 unspecified atom stereocenters. The van der Waals surface area contributed by atoms with Gasteiger partial charge in [0, 0.05) is 15.4 Å². The molecule has 3 heteroatoms. The van der Waals surface area contributed by atoms with Crippen LogP contribution in [0.3, 0.4) is 0 Å². The average molecular weight is 294 g/mol. The summed E-state index contributed by atoms with van der Waals surface area (Å²) in [7, 11) is 0. The van der Waals surface area contributed by atoms with Crippen LogP contribution in [0.25, 0.3) is 11.3 Å². The van der Waals surface area contributed by atoms with E-state index >= 15 is 0 Å². The van der Waals surface area contributed by atoms with Crippen molar-refractivity contribution in [3.63, 3.8) is 0 Å². The van der Waals surface area contributed by atoms with Crippen LogP contribution in [0.15, 0.2) is 74.9 Å². The van der Waals surface area contributed by atoms with E-state index in [0.717, 1.165) is 5.56 Å². The molecule has 104 valence electrons. The minimum absolute atomic E-state index is 0.350. The first-order chi connectivity index (χ1) is 10.2. The minimum Gasteiger partial charge on any atom is -0.453 e. The van der Waals surface area contributed by atoms with Gasteiger partial charge in [-0.1, -0.05) is 41.6 Å². The molecule has 3 aromatic rings. The minimum atomic E-state index is 0.350. The Morgan fingerprint density at radius 2 is 1.48 bits per heavy atom. The summed E-state index contributed by atoms with van der Waals surface area (Å²) >= 11 is 1.72. The summed E-state index contributed by atoms with van der Waals surface area (Å²) in [5.74, 6) is 1.06. The Balaban J connectivity index is 1.77. The van der Waals surface area contributed by atoms with Gasteiger partial charge in [0.05, 0.1) is 0 Å². The third-order valence-corrected chi connectivity index (χ3v) is 4.15. The predicted molar refractivity (Wildman–Crippen MR) is 84.8 cm³/mol. The fourth-order valence-electron chi connectivity index (χ4n) is 2.00. The van der Waals surface area contributed by atoms with Crippen LogP contribution in [0.1, 0.15) is 16.1 Å². The van der Waals surface area contributed by atoms with Gasteiger partial charge in [0.1, 0.15) is 5.76 Å². The number of hydrogen-bond acceptors (Lipinski definition) is 3. The second-order valence-electron chi connectivity index (χ2n) is 4.76. The largest absolute Gasteiger partial charge is 0.453 e. The van der Waals surface area contributed by atoms with Crippen molar-refractivity contribution in [2.75, 3.05) is 0 Å². The maximum absolute atomic E-state index is 10.6. The smallest absolute Gasteiger partial charge is 0.185 e. The van der Waals surface area contributed by atoms with E-state index in [1.807, 2.05) is 18.2 Å². The number of hydrogen-bond donors (Lipinski definition) is 0. The highest BCUT2D eigenvalue weighted by Gasteiger charge is 2.04. The van der Waals surface area contributed by atoms with Crippen molar-refractivity contribution in [3.05, 3.63) is 72.0 Å². The Labute approximate surface area is 127 Å². The molecule has 0 N–H and O–H groups in total. The van der Waals surface area contributed by atoms with Crippen molar-refractivity contribution in [2.45, 2.75) is 16.7 Å². The van der Waals surface area contributed by atoms with E-state index in [9.17, 15) is 4.79 Å². The monoisotopic (exact) mass is 294 g/mol. The highest BCUT2D eigenvalue weighted by Crippen LogP contribution is 2.30. The van der Waals surface area contributed by atoms with Gasteiger partial charge in [-0.2, -0.15) is 0 Å². The van der Waals surface area contributed by atoms with Crippen LogP contribution >= 0.6 is 11.8 Å². The normalized spacial score (nSPS) is 10.5. The molecule has 0 radical (unpaired) electrons. The molecule has 2 nitrogen and oxygen atoms in total. The van der Waals surface area contributed by atoms with E-state index in [1.54, 1.807) is 17.8 Å². The molecule has 0 atom stereocenters. The molecule has 0 fully saturated rings. The van der Waals surface area contributed by atoms with E-state index in [1.165, 1.54) is 15.4 Å². The molecule has 3 rings (SSSR count). The summed E-state index contributed by atoms with van der Waals surface area (Å²) in [6, 6.07) is 20.1. The molecule has 0 saturated heterocycles. The maximum Gasteiger partial charge on any atom is 0.185 e. The number of rotatable bonds is 4. The van der Waals surface area contributed by atoms with Crippen LogP contribution in [-0.4, -0.2) is 6.29 Å². The van der Waals surface area contributed by atoms with Crippen LogP contribution in [0.2, 0.25) is 0 Å². The number of aldehydes is 1. The Hall–Kier alpha value is -2.26. The molecular weight excluding hydrogens is 280 g/mol. The van der Waals surface area contributed by atoms with Gasteiger partial charge >= 0.3 is 0 Å². The zero-order chi connectivity index (χ0) is 14.7. The average Bonchev–Trinajstić information content (AvgIpc) is 2.99. The third kappa shape index (κ3) is 3.26. The zero-order valence-corrected chi connectivity index (χ0v) is 12.4. The van der Waals surface area contributed by atoms with Gasteiger partial charge in [0.15, 0.2) is 12.0 Å². The number of carbonyl (C=O) groups excluding carboxylic acids is 1. The first-order valence-corrected chi connectivity index (χ1v) is 7.46. The highest BCUT2D eigenvalue weighted by atomic mass is 32.2. The molecule has 0 aliphatic carbocycles. The van der Waals surface area contributed by atoms with Gasteiger partial charge in [-0.15, -0.1) is 0 Å². The van der Waals surface area contributed by atoms with Crippen molar-refractivity contribution in [3.8, 4) is 11.3 Å². The van der Waals surface area contributed by atoms with E-state index in [-0.39, 0.29) is 0 Å². The number of furan rings is 1. The number of aryl methyl sites for hydroxylation is 1. The van der Waals surface area contributed by atoms with E-state index < -0.39 is 0 Å². The van der Waals surface area contributed by atoms with Crippen molar-refractivity contribution in [1.82, 2.24) is 0 Å². The Bertz CT molecular complexity index is 740. The molecule has 1 aromatic heterocycles. The van der Waals surface area contributed by atoms with Crippen molar-refractivity contribution < 1.29 is 9.21 Å². The number of carbonyl (C=O) groups is 1. The van der Waals surface area contributed by atoms with Gasteiger partial charge in [-0.05, 0) is 43.3 Å². The molecule has 0 amide bonds. The summed E-state index contributed by atoms with van der Waals surface area (Å²) in [5, 5.41) is 0. The maximum atomic E-state index is 10.6. The fourth-order valence-corrected chi connectivity index (χ4v) is 2.82. The molecule has 0 saturated carbocycles. The SMILES string of the molecule is Cc1ccc(Sc2ccc(-c3ccc(C=O)o3)cc2)cc1. The standard InChI is InChI=1S/C18H14O2S/c1-13-2-7-16(8-3-13)21-17-9-4-14(5-10-17)18-11-6-15(12-19)20-18/h2-12H,1H3.